The van der Waals surface area contributed by atoms with Gasteiger partial charge in [-0.05, 0) is 45.1 Å². The van der Waals surface area contributed by atoms with Crippen LogP contribution in [0.15, 0.2) is 24.7 Å². The van der Waals surface area contributed by atoms with Crippen LogP contribution in [0.2, 0.25) is 0 Å². The van der Waals surface area contributed by atoms with Gasteiger partial charge in [0.25, 0.3) is 0 Å². The number of piperidine rings is 1. The molecule has 0 aliphatic carbocycles. The first-order chi connectivity index (χ1) is 12.8. The van der Waals surface area contributed by atoms with Gasteiger partial charge in [0.1, 0.15) is 5.69 Å². The zero-order chi connectivity index (χ0) is 19.6. The smallest absolute Gasteiger partial charge is 0.227 e. The van der Waals surface area contributed by atoms with Crippen LogP contribution < -0.4 is 0 Å². The average Bonchev–Trinajstić information content (AvgIpc) is 3.11. The van der Waals surface area contributed by atoms with Crippen LogP contribution >= 0.6 is 0 Å². The first kappa shape index (κ1) is 19.5. The predicted molar refractivity (Wildman–Crippen MR) is 106 cm³/mol. The van der Waals surface area contributed by atoms with Gasteiger partial charge in [0.15, 0.2) is 0 Å². The second-order valence-electron chi connectivity index (χ2n) is 8.86. The van der Waals surface area contributed by atoms with Gasteiger partial charge in [-0.15, -0.1) is 0 Å². The molecule has 0 bridgehead atoms. The third-order valence-corrected chi connectivity index (χ3v) is 5.05. The summed E-state index contributed by atoms with van der Waals surface area (Å²) >= 11 is 0. The van der Waals surface area contributed by atoms with E-state index >= 15 is 0 Å². The van der Waals surface area contributed by atoms with Crippen LogP contribution in [0.5, 0.6) is 0 Å². The van der Waals surface area contributed by atoms with Crippen LogP contribution in [0.4, 0.5) is 0 Å². The van der Waals surface area contributed by atoms with Crippen molar-refractivity contribution in [2.75, 3.05) is 13.1 Å². The van der Waals surface area contributed by atoms with Crippen molar-refractivity contribution in [1.29, 1.82) is 0 Å². The Hall–Kier alpha value is -2.24. The van der Waals surface area contributed by atoms with E-state index in [1.807, 2.05) is 42.6 Å². The molecule has 6 heteroatoms. The van der Waals surface area contributed by atoms with Crippen molar-refractivity contribution in [3.63, 3.8) is 0 Å². The van der Waals surface area contributed by atoms with Crippen molar-refractivity contribution in [3.8, 4) is 11.4 Å². The van der Waals surface area contributed by atoms with E-state index in [1.165, 1.54) is 0 Å². The van der Waals surface area contributed by atoms with E-state index in [9.17, 15) is 4.79 Å². The molecular weight excluding hydrogens is 338 g/mol. The lowest BCUT2D eigenvalue weighted by Gasteiger charge is -2.36. The molecule has 3 heterocycles. The standard InChI is InChI=1S/C21H31N5O/c1-15(2)26-19(8-9-23-26)18-13-22-12-17(24-18)11-16-7-6-10-25(14-16)20(27)21(3,4)5/h8-9,12-13,15-16H,6-7,10-11,14H2,1-5H3. The summed E-state index contributed by atoms with van der Waals surface area (Å²) in [6.07, 6.45) is 8.49. The van der Waals surface area contributed by atoms with Gasteiger partial charge in [-0.3, -0.25) is 14.5 Å². The van der Waals surface area contributed by atoms with Crippen molar-refractivity contribution < 1.29 is 4.79 Å². The quantitative estimate of drug-likeness (QED) is 0.823. The highest BCUT2D eigenvalue weighted by molar-refractivity contribution is 5.81. The maximum atomic E-state index is 12.6. The lowest BCUT2D eigenvalue weighted by atomic mass is 9.89. The van der Waals surface area contributed by atoms with E-state index in [4.69, 9.17) is 4.98 Å². The molecule has 1 aliphatic rings. The van der Waals surface area contributed by atoms with E-state index in [2.05, 4.69) is 23.9 Å². The van der Waals surface area contributed by atoms with Crippen LogP contribution in [0, 0.1) is 11.3 Å². The lowest BCUT2D eigenvalue weighted by Crippen LogP contribution is -2.45. The molecule has 1 unspecified atom stereocenters. The lowest BCUT2D eigenvalue weighted by molar-refractivity contribution is -0.141. The molecule has 1 fully saturated rings. The third-order valence-electron chi connectivity index (χ3n) is 5.05. The van der Waals surface area contributed by atoms with Gasteiger partial charge in [-0.1, -0.05) is 20.8 Å². The fourth-order valence-corrected chi connectivity index (χ4v) is 3.74. The van der Waals surface area contributed by atoms with E-state index < -0.39 is 0 Å². The molecule has 0 aromatic carbocycles. The molecule has 1 saturated heterocycles. The number of aromatic nitrogens is 4. The van der Waals surface area contributed by atoms with Gasteiger partial charge < -0.3 is 4.90 Å². The Morgan fingerprint density at radius 2 is 2.07 bits per heavy atom. The normalized spacial score (nSPS) is 18.1. The Labute approximate surface area is 162 Å². The number of carbonyl (C=O) groups excluding carboxylic acids is 1. The number of hydrogen-bond acceptors (Lipinski definition) is 4. The molecule has 1 aliphatic heterocycles. The summed E-state index contributed by atoms with van der Waals surface area (Å²) in [5, 5.41) is 4.39. The maximum Gasteiger partial charge on any atom is 0.227 e. The summed E-state index contributed by atoms with van der Waals surface area (Å²) in [6, 6.07) is 2.26. The van der Waals surface area contributed by atoms with E-state index in [1.54, 1.807) is 12.4 Å². The van der Waals surface area contributed by atoms with E-state index in [0.29, 0.717) is 5.92 Å². The zero-order valence-corrected chi connectivity index (χ0v) is 17.1. The van der Waals surface area contributed by atoms with Crippen LogP contribution in [-0.2, 0) is 11.2 Å². The number of likely N-dealkylation sites (tertiary alicyclic amines) is 1. The van der Waals surface area contributed by atoms with Gasteiger partial charge in [-0.25, -0.2) is 4.98 Å². The second-order valence-corrected chi connectivity index (χ2v) is 8.86. The molecule has 0 spiro atoms. The Balaban J connectivity index is 1.73. The number of carbonyl (C=O) groups is 1. The highest BCUT2D eigenvalue weighted by atomic mass is 16.2. The molecule has 2 aromatic heterocycles. The first-order valence-electron chi connectivity index (χ1n) is 9.90. The predicted octanol–water partition coefficient (Wildman–Crippen LogP) is 3.75. The summed E-state index contributed by atoms with van der Waals surface area (Å²) in [7, 11) is 0. The van der Waals surface area contributed by atoms with Crippen molar-refractivity contribution >= 4 is 5.91 Å². The minimum Gasteiger partial charge on any atom is -0.342 e. The van der Waals surface area contributed by atoms with E-state index in [-0.39, 0.29) is 17.4 Å². The number of hydrogen-bond donors (Lipinski definition) is 0. The molecule has 2 aromatic rings. The summed E-state index contributed by atoms with van der Waals surface area (Å²) in [6.45, 7) is 11.9. The van der Waals surface area contributed by atoms with Gasteiger partial charge in [0, 0.05) is 36.9 Å². The maximum absolute atomic E-state index is 12.6. The largest absolute Gasteiger partial charge is 0.342 e. The fourth-order valence-electron chi connectivity index (χ4n) is 3.74. The zero-order valence-electron chi connectivity index (χ0n) is 17.1. The molecule has 0 N–H and O–H groups in total. The van der Waals surface area contributed by atoms with Crippen LogP contribution in [0.25, 0.3) is 11.4 Å². The average molecular weight is 370 g/mol. The molecule has 3 rings (SSSR count). The van der Waals surface area contributed by atoms with Crippen molar-refractivity contribution in [1.82, 2.24) is 24.6 Å². The summed E-state index contributed by atoms with van der Waals surface area (Å²) in [4.78, 5) is 23.9. The van der Waals surface area contributed by atoms with E-state index in [0.717, 1.165) is 49.4 Å². The molecule has 0 radical (unpaired) electrons. The first-order valence-corrected chi connectivity index (χ1v) is 9.90. The van der Waals surface area contributed by atoms with Crippen LogP contribution in [-0.4, -0.2) is 43.6 Å². The monoisotopic (exact) mass is 369 g/mol. The fraction of sp³-hybridized carbons (Fsp3) is 0.619. The summed E-state index contributed by atoms with van der Waals surface area (Å²) in [5.74, 6) is 0.678. The van der Waals surface area contributed by atoms with Crippen molar-refractivity contribution in [3.05, 3.63) is 30.4 Å². The molecule has 6 nitrogen and oxygen atoms in total. The minimum atomic E-state index is -0.323. The van der Waals surface area contributed by atoms with Gasteiger partial charge in [-0.2, -0.15) is 5.10 Å². The van der Waals surface area contributed by atoms with Gasteiger partial charge in [0.2, 0.25) is 5.91 Å². The SMILES string of the molecule is CC(C)n1nccc1-c1cncc(CC2CCCN(C(=O)C(C)(C)C)C2)n1. The van der Waals surface area contributed by atoms with Crippen LogP contribution in [0.1, 0.15) is 59.2 Å². The van der Waals surface area contributed by atoms with Gasteiger partial charge >= 0.3 is 0 Å². The second kappa shape index (κ2) is 7.79. The van der Waals surface area contributed by atoms with Crippen molar-refractivity contribution in [2.45, 2.75) is 59.9 Å². The molecular formula is C21H31N5O. The Bertz CT molecular complexity index is 790. The molecule has 1 atom stereocenters. The van der Waals surface area contributed by atoms with Crippen LogP contribution in [0.3, 0.4) is 0 Å². The topological polar surface area (TPSA) is 63.9 Å². The number of amides is 1. The highest BCUT2D eigenvalue weighted by Crippen LogP contribution is 2.26. The number of rotatable bonds is 4. The molecule has 146 valence electrons. The minimum absolute atomic E-state index is 0.243. The Morgan fingerprint density at radius 1 is 1.30 bits per heavy atom. The Kier molecular flexibility index (Phi) is 5.63. The summed E-state index contributed by atoms with van der Waals surface area (Å²) < 4.78 is 1.97. The molecule has 1 amide bonds. The third kappa shape index (κ3) is 4.54. The number of nitrogens with zero attached hydrogens (tertiary/aromatic N) is 5. The highest BCUT2D eigenvalue weighted by Gasteiger charge is 2.31. The van der Waals surface area contributed by atoms with Gasteiger partial charge in [0.05, 0.1) is 17.6 Å². The molecule has 0 saturated carbocycles. The Morgan fingerprint density at radius 3 is 2.78 bits per heavy atom. The van der Waals surface area contributed by atoms with Crippen molar-refractivity contribution in [2.24, 2.45) is 11.3 Å². The summed E-state index contributed by atoms with van der Waals surface area (Å²) in [5.41, 5.74) is 2.51. The molecule has 27 heavy (non-hydrogen) atoms.